The second-order valence-corrected chi connectivity index (χ2v) is 7.60. The van der Waals surface area contributed by atoms with Crippen LogP contribution in [0.5, 0.6) is 0 Å². The van der Waals surface area contributed by atoms with Crippen LogP contribution >= 0.6 is 0 Å². The van der Waals surface area contributed by atoms with Crippen molar-refractivity contribution < 1.29 is 13.2 Å². The van der Waals surface area contributed by atoms with Gasteiger partial charge in [-0.25, -0.2) is 8.42 Å². The molecule has 3 rings (SSSR count). The van der Waals surface area contributed by atoms with Crippen LogP contribution < -0.4 is 0 Å². The average Bonchev–Trinajstić information content (AvgIpc) is 2.58. The molecule has 5 nitrogen and oxygen atoms in total. The van der Waals surface area contributed by atoms with Crippen LogP contribution in [0.25, 0.3) is 0 Å². The van der Waals surface area contributed by atoms with Gasteiger partial charge in [-0.05, 0) is 17.7 Å². The van der Waals surface area contributed by atoms with Crippen LogP contribution in [-0.4, -0.2) is 44.2 Å². The lowest BCUT2D eigenvalue weighted by Gasteiger charge is -2.34. The highest BCUT2D eigenvalue weighted by Gasteiger charge is 2.36. The van der Waals surface area contributed by atoms with Crippen LogP contribution in [0.4, 0.5) is 0 Å². The minimum Gasteiger partial charge on any atom is -0.340 e. The summed E-state index contributed by atoms with van der Waals surface area (Å²) in [5.74, 6) is -0.279. The molecule has 1 atom stereocenters. The maximum absolute atomic E-state index is 13.0. The van der Waals surface area contributed by atoms with Crippen molar-refractivity contribution >= 4 is 15.9 Å². The first-order valence-corrected chi connectivity index (χ1v) is 8.74. The second kappa shape index (κ2) is 5.79. The van der Waals surface area contributed by atoms with E-state index < -0.39 is 16.1 Å². The van der Waals surface area contributed by atoms with Crippen molar-refractivity contribution in [2.24, 2.45) is 0 Å². The molecule has 0 N–H and O–H groups in total. The molecule has 0 aromatic heterocycles. The first-order chi connectivity index (χ1) is 10.9. The number of hydrogen-bond donors (Lipinski definition) is 0. The van der Waals surface area contributed by atoms with Crippen molar-refractivity contribution in [1.82, 2.24) is 9.21 Å². The molecule has 2 aromatic carbocycles. The van der Waals surface area contributed by atoms with Gasteiger partial charge in [-0.15, -0.1) is 0 Å². The minimum absolute atomic E-state index is 0.0555. The average molecular weight is 330 g/mol. The molecule has 0 bridgehead atoms. The highest BCUT2D eigenvalue weighted by molar-refractivity contribution is 7.89. The van der Waals surface area contributed by atoms with Gasteiger partial charge in [0.2, 0.25) is 10.0 Å². The van der Waals surface area contributed by atoms with Gasteiger partial charge in [0, 0.05) is 20.6 Å². The zero-order chi connectivity index (χ0) is 16.6. The molecule has 1 heterocycles. The first-order valence-electron chi connectivity index (χ1n) is 7.30. The monoisotopic (exact) mass is 330 g/mol. The van der Waals surface area contributed by atoms with Gasteiger partial charge >= 0.3 is 0 Å². The summed E-state index contributed by atoms with van der Waals surface area (Å²) >= 11 is 0. The number of carbonyl (C=O) groups excluding carboxylic acids is 1. The number of benzene rings is 2. The van der Waals surface area contributed by atoms with Crippen LogP contribution in [0, 0.1) is 0 Å². The highest BCUT2D eigenvalue weighted by Crippen LogP contribution is 2.31. The van der Waals surface area contributed by atoms with Gasteiger partial charge in [0.1, 0.15) is 0 Å². The molecule has 0 saturated carbocycles. The highest BCUT2D eigenvalue weighted by atomic mass is 32.2. The van der Waals surface area contributed by atoms with E-state index in [1.807, 2.05) is 30.3 Å². The summed E-state index contributed by atoms with van der Waals surface area (Å²) in [6, 6.07) is 15.3. The molecule has 1 unspecified atom stereocenters. The molecular formula is C17H18N2O3S. The Morgan fingerprint density at radius 3 is 2.26 bits per heavy atom. The lowest BCUT2D eigenvalue weighted by Crippen LogP contribution is -2.43. The van der Waals surface area contributed by atoms with Crippen molar-refractivity contribution in [2.75, 3.05) is 20.6 Å². The third-order valence-electron chi connectivity index (χ3n) is 4.19. The predicted octanol–water partition coefficient (Wildman–Crippen LogP) is 2.13. The van der Waals surface area contributed by atoms with Gasteiger partial charge in [0.05, 0.1) is 16.5 Å². The lowest BCUT2D eigenvalue weighted by atomic mass is 10.1. The van der Waals surface area contributed by atoms with Crippen LogP contribution in [0.2, 0.25) is 0 Å². The summed E-state index contributed by atoms with van der Waals surface area (Å²) in [7, 11) is -0.490. The number of sulfonamides is 1. The SMILES string of the molecule is CN1CC(c2ccccc2)N(C)S(=O)(=O)c2ccccc2C1=O. The van der Waals surface area contributed by atoms with Crippen molar-refractivity contribution in [3.05, 3.63) is 65.7 Å². The van der Waals surface area contributed by atoms with Crippen molar-refractivity contribution in [3.63, 3.8) is 0 Å². The summed E-state index contributed by atoms with van der Waals surface area (Å²) in [5.41, 5.74) is 1.07. The summed E-state index contributed by atoms with van der Waals surface area (Å²) in [6.07, 6.45) is 0. The molecule has 0 fully saturated rings. The Balaban J connectivity index is 2.19. The number of likely N-dealkylation sites (N-methyl/N-ethyl adjacent to an activating group) is 2. The van der Waals surface area contributed by atoms with Gasteiger partial charge in [-0.1, -0.05) is 42.5 Å². The summed E-state index contributed by atoms with van der Waals surface area (Å²) in [5, 5.41) is 0. The van der Waals surface area contributed by atoms with Crippen LogP contribution in [0.3, 0.4) is 0 Å². The Morgan fingerprint density at radius 1 is 0.957 bits per heavy atom. The largest absolute Gasteiger partial charge is 0.340 e. The summed E-state index contributed by atoms with van der Waals surface area (Å²) < 4.78 is 27.3. The maximum Gasteiger partial charge on any atom is 0.255 e. The Bertz CT molecular complexity index is 834. The maximum atomic E-state index is 13.0. The van der Waals surface area contributed by atoms with Crippen molar-refractivity contribution in [3.8, 4) is 0 Å². The predicted molar refractivity (Wildman–Crippen MR) is 87.5 cm³/mol. The topological polar surface area (TPSA) is 57.7 Å². The van der Waals surface area contributed by atoms with Crippen LogP contribution in [0.15, 0.2) is 59.5 Å². The Hall–Kier alpha value is -2.18. The Labute approximate surface area is 136 Å². The van der Waals surface area contributed by atoms with Gasteiger partial charge < -0.3 is 4.90 Å². The second-order valence-electron chi connectivity index (χ2n) is 5.63. The quantitative estimate of drug-likeness (QED) is 0.805. The summed E-state index contributed by atoms with van der Waals surface area (Å²) in [6.45, 7) is 0.299. The number of nitrogens with zero attached hydrogens (tertiary/aromatic N) is 2. The molecule has 6 heteroatoms. The van der Waals surface area contributed by atoms with Crippen molar-refractivity contribution in [2.45, 2.75) is 10.9 Å². The summed E-state index contributed by atoms with van der Waals surface area (Å²) in [4.78, 5) is 14.2. The molecule has 1 aliphatic rings. The molecule has 0 spiro atoms. The van der Waals surface area contributed by atoms with E-state index in [-0.39, 0.29) is 16.4 Å². The Kier molecular flexibility index (Phi) is 3.95. The third-order valence-corrected chi connectivity index (χ3v) is 6.12. The molecule has 2 aromatic rings. The van der Waals surface area contributed by atoms with Crippen LogP contribution in [-0.2, 0) is 10.0 Å². The molecule has 120 valence electrons. The minimum atomic E-state index is -3.75. The van der Waals surface area contributed by atoms with E-state index in [2.05, 4.69) is 0 Å². The van der Waals surface area contributed by atoms with E-state index in [0.29, 0.717) is 6.54 Å². The van der Waals surface area contributed by atoms with E-state index in [1.54, 1.807) is 37.2 Å². The molecule has 1 amide bonds. The lowest BCUT2D eigenvalue weighted by molar-refractivity contribution is 0.0758. The molecule has 23 heavy (non-hydrogen) atoms. The number of hydrogen-bond acceptors (Lipinski definition) is 3. The zero-order valence-electron chi connectivity index (χ0n) is 13.0. The fourth-order valence-electron chi connectivity index (χ4n) is 2.84. The van der Waals surface area contributed by atoms with Crippen LogP contribution in [0.1, 0.15) is 22.0 Å². The smallest absolute Gasteiger partial charge is 0.255 e. The first kappa shape index (κ1) is 15.7. The third kappa shape index (κ3) is 2.64. The number of carbonyl (C=O) groups is 1. The number of rotatable bonds is 1. The Morgan fingerprint density at radius 2 is 1.57 bits per heavy atom. The van der Waals surface area contributed by atoms with Gasteiger partial charge in [-0.3, -0.25) is 4.79 Å². The molecule has 0 aliphatic carbocycles. The zero-order valence-corrected chi connectivity index (χ0v) is 13.8. The van der Waals surface area contributed by atoms with Gasteiger partial charge in [0.25, 0.3) is 5.91 Å². The molecule has 1 aliphatic heterocycles. The van der Waals surface area contributed by atoms with E-state index in [1.165, 1.54) is 10.4 Å². The fourth-order valence-corrected chi connectivity index (χ4v) is 4.36. The number of amides is 1. The van der Waals surface area contributed by atoms with Gasteiger partial charge in [-0.2, -0.15) is 4.31 Å². The fraction of sp³-hybridized carbons (Fsp3) is 0.235. The van der Waals surface area contributed by atoms with E-state index in [0.717, 1.165) is 5.56 Å². The standard InChI is InChI=1S/C17H18N2O3S/c1-18-12-15(13-8-4-3-5-9-13)19(2)23(21,22)16-11-7-6-10-14(16)17(18)20/h3-11,15H,12H2,1-2H3. The molecular weight excluding hydrogens is 312 g/mol. The van der Waals surface area contributed by atoms with E-state index in [4.69, 9.17) is 0 Å². The van der Waals surface area contributed by atoms with E-state index in [9.17, 15) is 13.2 Å². The normalized spacial score (nSPS) is 21.4. The van der Waals surface area contributed by atoms with E-state index >= 15 is 0 Å². The molecule has 0 saturated heterocycles. The van der Waals surface area contributed by atoms with Gasteiger partial charge in [0.15, 0.2) is 0 Å². The molecule has 0 radical (unpaired) electrons. The number of fused-ring (bicyclic) bond motifs is 1. The van der Waals surface area contributed by atoms with Crippen molar-refractivity contribution in [1.29, 1.82) is 0 Å².